The Bertz CT molecular complexity index is 762. The van der Waals surface area contributed by atoms with E-state index in [1.807, 2.05) is 17.0 Å². The number of benzene rings is 1. The third-order valence-electron chi connectivity index (χ3n) is 6.19. The number of amides is 2. The van der Waals surface area contributed by atoms with Crippen LogP contribution in [-0.4, -0.2) is 62.4 Å². The van der Waals surface area contributed by atoms with Crippen LogP contribution in [0.15, 0.2) is 29.3 Å². The lowest BCUT2D eigenvalue weighted by Crippen LogP contribution is -2.39. The molecule has 2 heterocycles. The van der Waals surface area contributed by atoms with Gasteiger partial charge in [-0.2, -0.15) is 0 Å². The number of hydrogen-bond acceptors (Lipinski definition) is 4. The third-order valence-corrected chi connectivity index (χ3v) is 6.19. The second-order valence-corrected chi connectivity index (χ2v) is 8.39. The van der Waals surface area contributed by atoms with E-state index in [9.17, 15) is 9.59 Å². The van der Waals surface area contributed by atoms with Gasteiger partial charge in [-0.25, -0.2) is 0 Å². The van der Waals surface area contributed by atoms with Crippen LogP contribution in [-0.2, 0) is 16.1 Å². The molecule has 1 aromatic rings. The quantitative estimate of drug-likeness (QED) is 0.187. The number of rotatable bonds is 9. The largest absolute Gasteiger partial charge is 0.369 e. The molecule has 0 saturated carbocycles. The van der Waals surface area contributed by atoms with Gasteiger partial charge in [0.25, 0.3) is 0 Å². The Morgan fingerprint density at radius 3 is 2.44 bits per heavy atom. The minimum Gasteiger partial charge on any atom is -0.369 e. The maximum absolute atomic E-state index is 11.9. The van der Waals surface area contributed by atoms with Crippen molar-refractivity contribution in [2.45, 2.75) is 45.1 Å². The zero-order chi connectivity index (χ0) is 22.1. The van der Waals surface area contributed by atoms with Crippen molar-refractivity contribution in [2.24, 2.45) is 16.6 Å². The van der Waals surface area contributed by atoms with Gasteiger partial charge >= 0.3 is 0 Å². The molecule has 0 atom stereocenters. The number of guanidine groups is 1. The molecule has 2 saturated heterocycles. The summed E-state index contributed by atoms with van der Waals surface area (Å²) >= 11 is 0. The molecule has 0 unspecified atom stereocenters. The molecule has 8 nitrogen and oxygen atoms in total. The van der Waals surface area contributed by atoms with Gasteiger partial charge < -0.3 is 26.2 Å². The van der Waals surface area contributed by atoms with Crippen LogP contribution in [0, 0.1) is 5.92 Å². The summed E-state index contributed by atoms with van der Waals surface area (Å²) in [5, 5.41) is 6.71. The number of likely N-dealkylation sites (tertiary alicyclic amines) is 1. The first kappa shape index (κ1) is 26.4. The maximum Gasteiger partial charge on any atom is 0.227 e. The zero-order valence-corrected chi connectivity index (χ0v) is 21.3. The summed E-state index contributed by atoms with van der Waals surface area (Å²) in [5.74, 6) is 0.915. The van der Waals surface area contributed by atoms with Crippen molar-refractivity contribution in [1.29, 1.82) is 0 Å². The molecule has 0 aromatic heterocycles. The zero-order valence-electron chi connectivity index (χ0n) is 19.0. The van der Waals surface area contributed by atoms with Gasteiger partial charge in [0.1, 0.15) is 0 Å². The molecule has 32 heavy (non-hydrogen) atoms. The predicted molar refractivity (Wildman–Crippen MR) is 139 cm³/mol. The molecule has 2 fully saturated rings. The number of nitrogens with two attached hydrogens (primary N) is 1. The summed E-state index contributed by atoms with van der Waals surface area (Å²) in [7, 11) is 1.78. The average molecular weight is 556 g/mol. The van der Waals surface area contributed by atoms with E-state index in [4.69, 9.17) is 5.73 Å². The Labute approximate surface area is 208 Å². The fourth-order valence-corrected chi connectivity index (χ4v) is 4.23. The monoisotopic (exact) mass is 556 g/mol. The third kappa shape index (κ3) is 7.91. The lowest BCUT2D eigenvalue weighted by atomic mass is 9.96. The summed E-state index contributed by atoms with van der Waals surface area (Å²) in [4.78, 5) is 31.7. The van der Waals surface area contributed by atoms with Crippen molar-refractivity contribution >= 4 is 47.4 Å². The summed E-state index contributed by atoms with van der Waals surface area (Å²) in [6.45, 7) is 5.36. The molecule has 0 radical (unpaired) electrons. The molecule has 1 aromatic carbocycles. The molecule has 0 bridgehead atoms. The first-order valence-corrected chi connectivity index (χ1v) is 11.4. The summed E-state index contributed by atoms with van der Waals surface area (Å²) in [6, 6.07) is 8.15. The van der Waals surface area contributed by atoms with Gasteiger partial charge in [-0.05, 0) is 69.4 Å². The molecule has 3 rings (SSSR count). The van der Waals surface area contributed by atoms with Crippen LogP contribution in [0.5, 0.6) is 0 Å². The van der Waals surface area contributed by atoms with E-state index in [2.05, 4.69) is 32.7 Å². The van der Waals surface area contributed by atoms with Gasteiger partial charge in [-0.15, -0.1) is 24.0 Å². The first-order chi connectivity index (χ1) is 15.1. The molecule has 4 N–H and O–H groups in total. The van der Waals surface area contributed by atoms with Crippen molar-refractivity contribution in [3.8, 4) is 0 Å². The number of nitrogens with zero attached hydrogens (tertiary/aromatic N) is 3. The van der Waals surface area contributed by atoms with E-state index < -0.39 is 0 Å². The number of unbranched alkanes of at least 4 members (excludes halogenated alkanes) is 1. The number of anilines is 1. The second kappa shape index (κ2) is 13.6. The number of halogens is 1. The Morgan fingerprint density at radius 1 is 1.12 bits per heavy atom. The van der Waals surface area contributed by atoms with Crippen molar-refractivity contribution in [1.82, 2.24) is 15.5 Å². The summed E-state index contributed by atoms with van der Waals surface area (Å²) in [6.07, 6.45) is 5.55. The fourth-order valence-electron chi connectivity index (χ4n) is 4.23. The fraction of sp³-hybridized carbons (Fsp3) is 0.609. The van der Waals surface area contributed by atoms with Crippen LogP contribution in [0.25, 0.3) is 0 Å². The molecular formula is C23H37IN6O2. The molecule has 178 valence electrons. The van der Waals surface area contributed by atoms with E-state index in [0.717, 1.165) is 82.0 Å². The summed E-state index contributed by atoms with van der Waals surface area (Å²) in [5.41, 5.74) is 7.53. The number of carbonyl (C=O) groups excluding carboxylic acids is 2. The topological polar surface area (TPSA) is 103 Å². The lowest BCUT2D eigenvalue weighted by Gasteiger charge is -2.30. The minimum absolute atomic E-state index is 0. The van der Waals surface area contributed by atoms with Crippen LogP contribution in [0.1, 0.15) is 44.1 Å². The van der Waals surface area contributed by atoms with Gasteiger partial charge in [-0.1, -0.05) is 12.1 Å². The number of nitrogens with one attached hydrogen (secondary N) is 2. The van der Waals surface area contributed by atoms with Gasteiger partial charge in [0.15, 0.2) is 5.96 Å². The van der Waals surface area contributed by atoms with Crippen LogP contribution in [0.3, 0.4) is 0 Å². The maximum atomic E-state index is 11.9. The Morgan fingerprint density at radius 2 is 1.84 bits per heavy atom. The van der Waals surface area contributed by atoms with Crippen molar-refractivity contribution in [3.05, 3.63) is 29.8 Å². The number of carbonyl (C=O) groups is 2. The molecular weight excluding hydrogens is 519 g/mol. The minimum atomic E-state index is -0.152. The van der Waals surface area contributed by atoms with Crippen molar-refractivity contribution < 1.29 is 9.59 Å². The molecule has 2 aliphatic rings. The molecule has 2 amide bonds. The Kier molecular flexibility index (Phi) is 11.2. The molecule has 2 aliphatic heterocycles. The van der Waals surface area contributed by atoms with Gasteiger partial charge in [0.05, 0.1) is 0 Å². The number of aliphatic imine (C=N–C) groups is 1. The molecule has 9 heteroatoms. The van der Waals surface area contributed by atoms with E-state index >= 15 is 0 Å². The average Bonchev–Trinajstić information content (AvgIpc) is 3.22. The highest BCUT2D eigenvalue weighted by atomic mass is 127. The smallest absolute Gasteiger partial charge is 0.227 e. The predicted octanol–water partition coefficient (Wildman–Crippen LogP) is 2.07. The SMILES string of the molecule is CN=C(NCCCCN1CCC(C(N)=O)CC1)NCc1ccc(N2CCCC2=O)cc1.I. The molecule has 0 aliphatic carbocycles. The van der Waals surface area contributed by atoms with E-state index in [-0.39, 0.29) is 41.7 Å². The van der Waals surface area contributed by atoms with Crippen molar-refractivity contribution in [2.75, 3.05) is 44.7 Å². The number of hydrogen-bond donors (Lipinski definition) is 3. The van der Waals surface area contributed by atoms with Crippen LogP contribution in [0.2, 0.25) is 0 Å². The lowest BCUT2D eigenvalue weighted by molar-refractivity contribution is -0.123. The normalized spacial score (nSPS) is 17.8. The number of piperidine rings is 1. The highest BCUT2D eigenvalue weighted by molar-refractivity contribution is 14.0. The van der Waals surface area contributed by atoms with Gasteiger partial charge in [-0.3, -0.25) is 14.6 Å². The standard InChI is InChI=1S/C23H36N6O2.HI/c1-25-23(26-12-2-3-13-28-15-10-19(11-16-28)22(24)31)27-17-18-6-8-20(9-7-18)29-14-4-5-21(29)30;/h6-9,19H,2-5,10-17H2,1H3,(H2,24,31)(H2,25,26,27);1H. The highest BCUT2D eigenvalue weighted by Crippen LogP contribution is 2.21. The Balaban J connectivity index is 0.00000363. The summed E-state index contributed by atoms with van der Waals surface area (Å²) < 4.78 is 0. The first-order valence-electron chi connectivity index (χ1n) is 11.4. The van der Waals surface area contributed by atoms with E-state index in [0.29, 0.717) is 13.0 Å². The van der Waals surface area contributed by atoms with Crippen LogP contribution in [0.4, 0.5) is 5.69 Å². The van der Waals surface area contributed by atoms with Crippen molar-refractivity contribution in [3.63, 3.8) is 0 Å². The van der Waals surface area contributed by atoms with Gasteiger partial charge in [0, 0.05) is 44.7 Å². The van der Waals surface area contributed by atoms with E-state index in [1.54, 1.807) is 7.05 Å². The van der Waals surface area contributed by atoms with E-state index in [1.165, 1.54) is 0 Å². The van der Waals surface area contributed by atoms with Crippen LogP contribution < -0.4 is 21.3 Å². The molecule has 0 spiro atoms. The van der Waals surface area contributed by atoms with Gasteiger partial charge in [0.2, 0.25) is 11.8 Å². The van der Waals surface area contributed by atoms with Crippen LogP contribution >= 0.6 is 24.0 Å². The second-order valence-electron chi connectivity index (χ2n) is 8.39. The number of primary amides is 1. The highest BCUT2D eigenvalue weighted by Gasteiger charge is 2.22. The Hall–Kier alpha value is -1.88.